The van der Waals surface area contributed by atoms with Crippen LogP contribution in [0.2, 0.25) is 0 Å². The number of nitrogens with zero attached hydrogens (tertiary/aromatic N) is 1. The second kappa shape index (κ2) is 9.18. The number of benzene rings is 2. The van der Waals surface area contributed by atoms with Crippen LogP contribution in [0.5, 0.6) is 11.5 Å². The molecule has 27 heavy (non-hydrogen) atoms. The first-order valence-electron chi connectivity index (χ1n) is 7.91. The summed E-state index contributed by atoms with van der Waals surface area (Å²) in [6, 6.07) is 12.5. The number of anilines is 1. The minimum absolute atomic E-state index is 0.115. The highest BCUT2D eigenvalue weighted by molar-refractivity contribution is 5.94. The highest BCUT2D eigenvalue weighted by Gasteiger charge is 2.19. The first-order chi connectivity index (χ1) is 12.9. The average Bonchev–Trinajstić information content (AvgIpc) is 2.66. The van der Waals surface area contributed by atoms with E-state index in [1.807, 2.05) is 6.07 Å². The number of carbonyl (C=O) groups is 2. The molecule has 0 aliphatic carbocycles. The third-order valence-corrected chi connectivity index (χ3v) is 3.40. The van der Waals surface area contributed by atoms with E-state index >= 15 is 0 Å². The van der Waals surface area contributed by atoms with Gasteiger partial charge in [0, 0.05) is 6.07 Å². The predicted octanol–water partition coefficient (Wildman–Crippen LogP) is 2.55. The van der Waals surface area contributed by atoms with Crippen LogP contribution in [0, 0.1) is 10.1 Å². The Morgan fingerprint density at radius 3 is 2.52 bits per heavy atom. The third kappa shape index (κ3) is 5.70. The topological polar surface area (TPSA) is 117 Å². The van der Waals surface area contributed by atoms with Gasteiger partial charge < -0.3 is 19.5 Å². The molecular formula is C18H18N2O7. The summed E-state index contributed by atoms with van der Waals surface area (Å²) in [6.45, 7) is 0.966. The van der Waals surface area contributed by atoms with Gasteiger partial charge in [0.25, 0.3) is 11.6 Å². The molecule has 0 bridgehead atoms. The Labute approximate surface area is 155 Å². The molecule has 0 saturated carbocycles. The molecule has 0 unspecified atom stereocenters. The minimum atomic E-state index is -0.894. The van der Waals surface area contributed by atoms with Gasteiger partial charge in [-0.15, -0.1) is 0 Å². The van der Waals surface area contributed by atoms with Crippen molar-refractivity contribution in [1.82, 2.24) is 0 Å². The van der Waals surface area contributed by atoms with Gasteiger partial charge in [-0.25, -0.2) is 4.79 Å². The quantitative estimate of drug-likeness (QED) is 0.429. The molecule has 0 aromatic heterocycles. The van der Waals surface area contributed by atoms with E-state index in [-0.39, 0.29) is 17.1 Å². The van der Waals surface area contributed by atoms with E-state index in [1.165, 1.54) is 32.2 Å². The number of hydrogen-bond acceptors (Lipinski definition) is 7. The summed E-state index contributed by atoms with van der Waals surface area (Å²) >= 11 is 0. The summed E-state index contributed by atoms with van der Waals surface area (Å²) in [5, 5.41) is 13.2. The molecule has 9 nitrogen and oxygen atoms in total. The number of methoxy groups -OCH3 is 1. The number of amides is 1. The monoisotopic (exact) mass is 374 g/mol. The summed E-state index contributed by atoms with van der Waals surface area (Å²) in [7, 11) is 1.32. The normalized spacial score (nSPS) is 11.2. The number of ether oxygens (including phenoxy) is 3. The largest absolute Gasteiger partial charge is 0.494 e. The highest BCUT2D eigenvalue weighted by Crippen LogP contribution is 2.28. The van der Waals surface area contributed by atoms with Crippen molar-refractivity contribution in [2.75, 3.05) is 19.0 Å². The molecule has 0 heterocycles. The fourth-order valence-electron chi connectivity index (χ4n) is 2.09. The molecule has 2 aromatic rings. The van der Waals surface area contributed by atoms with Gasteiger partial charge >= 0.3 is 5.97 Å². The van der Waals surface area contributed by atoms with E-state index in [0.717, 1.165) is 0 Å². The van der Waals surface area contributed by atoms with Crippen LogP contribution in [-0.2, 0) is 14.3 Å². The number of para-hydroxylation sites is 1. The number of non-ortho nitro benzene ring substituents is 1. The van der Waals surface area contributed by atoms with E-state index in [4.69, 9.17) is 14.2 Å². The van der Waals surface area contributed by atoms with Gasteiger partial charge in [0.05, 0.1) is 23.8 Å². The van der Waals surface area contributed by atoms with Crippen molar-refractivity contribution in [3.8, 4) is 11.5 Å². The molecule has 0 aliphatic rings. The van der Waals surface area contributed by atoms with Crippen molar-refractivity contribution in [2.24, 2.45) is 0 Å². The number of hydrogen-bond donors (Lipinski definition) is 1. The molecule has 2 aromatic carbocycles. The van der Waals surface area contributed by atoms with Crippen LogP contribution in [0.15, 0.2) is 48.5 Å². The number of rotatable bonds is 8. The van der Waals surface area contributed by atoms with Crippen LogP contribution in [0.4, 0.5) is 11.4 Å². The predicted molar refractivity (Wildman–Crippen MR) is 95.8 cm³/mol. The average molecular weight is 374 g/mol. The molecule has 1 amide bonds. The van der Waals surface area contributed by atoms with E-state index in [9.17, 15) is 19.7 Å². The molecule has 0 spiro atoms. The van der Waals surface area contributed by atoms with Crippen LogP contribution >= 0.6 is 0 Å². The third-order valence-electron chi connectivity index (χ3n) is 3.40. The van der Waals surface area contributed by atoms with Crippen molar-refractivity contribution in [1.29, 1.82) is 0 Å². The lowest BCUT2D eigenvalue weighted by atomic mass is 10.2. The second-order valence-electron chi connectivity index (χ2n) is 5.37. The lowest BCUT2D eigenvalue weighted by Crippen LogP contribution is -2.29. The summed E-state index contributed by atoms with van der Waals surface area (Å²) in [6.07, 6.45) is -0.894. The zero-order valence-electron chi connectivity index (χ0n) is 14.7. The molecule has 0 fully saturated rings. The Kier molecular flexibility index (Phi) is 6.70. The van der Waals surface area contributed by atoms with Gasteiger partial charge in [-0.1, -0.05) is 18.2 Å². The number of esters is 1. The number of carbonyl (C=O) groups excluding carboxylic acids is 2. The van der Waals surface area contributed by atoms with Crippen molar-refractivity contribution in [3.05, 3.63) is 58.6 Å². The van der Waals surface area contributed by atoms with E-state index in [2.05, 4.69) is 5.32 Å². The van der Waals surface area contributed by atoms with Crippen LogP contribution < -0.4 is 14.8 Å². The van der Waals surface area contributed by atoms with Crippen LogP contribution in [0.1, 0.15) is 6.92 Å². The Balaban J connectivity index is 1.88. The Hall–Kier alpha value is -3.62. The Morgan fingerprint density at radius 1 is 1.19 bits per heavy atom. The maximum absolute atomic E-state index is 12.0. The summed E-state index contributed by atoms with van der Waals surface area (Å²) in [5.41, 5.74) is 0.0425. The zero-order chi connectivity index (χ0) is 19.8. The lowest BCUT2D eigenvalue weighted by molar-refractivity contribution is -0.384. The highest BCUT2D eigenvalue weighted by atomic mass is 16.6. The van der Waals surface area contributed by atoms with Gasteiger partial charge in [0.1, 0.15) is 11.5 Å². The summed E-state index contributed by atoms with van der Waals surface area (Å²) < 4.78 is 15.3. The smallest absolute Gasteiger partial charge is 0.347 e. The number of nitrogens with one attached hydrogen (secondary N) is 1. The van der Waals surface area contributed by atoms with Crippen LogP contribution in [-0.4, -0.2) is 36.6 Å². The van der Waals surface area contributed by atoms with Gasteiger partial charge in [-0.05, 0) is 25.1 Å². The van der Waals surface area contributed by atoms with E-state index < -0.39 is 29.5 Å². The van der Waals surface area contributed by atoms with Crippen molar-refractivity contribution >= 4 is 23.3 Å². The molecule has 9 heteroatoms. The maximum atomic E-state index is 12.0. The molecule has 2 rings (SSSR count). The molecule has 142 valence electrons. The lowest BCUT2D eigenvalue weighted by Gasteiger charge is -2.14. The van der Waals surface area contributed by atoms with Gasteiger partial charge in [0.15, 0.2) is 12.7 Å². The Bertz CT molecular complexity index is 824. The molecule has 1 atom stereocenters. The Morgan fingerprint density at radius 2 is 1.89 bits per heavy atom. The first-order valence-corrected chi connectivity index (χ1v) is 7.91. The van der Waals surface area contributed by atoms with Crippen LogP contribution in [0.3, 0.4) is 0 Å². The van der Waals surface area contributed by atoms with E-state index in [0.29, 0.717) is 5.75 Å². The second-order valence-corrected chi connectivity index (χ2v) is 5.37. The van der Waals surface area contributed by atoms with Crippen LogP contribution in [0.25, 0.3) is 0 Å². The number of nitro benzene ring substituents is 1. The standard InChI is InChI=1S/C18H18N2O7/c1-12(27-14-6-4-3-5-7-14)18(22)26-11-17(21)19-15-9-8-13(20(23)24)10-16(15)25-2/h3-10,12H,11H2,1-2H3,(H,19,21)/t12-/m0/s1. The zero-order valence-corrected chi connectivity index (χ0v) is 14.7. The van der Waals surface area contributed by atoms with Crippen molar-refractivity contribution < 1.29 is 28.7 Å². The SMILES string of the molecule is COc1cc([N+](=O)[O-])ccc1NC(=O)COC(=O)[C@H](C)Oc1ccccc1. The van der Waals surface area contributed by atoms with Crippen molar-refractivity contribution in [2.45, 2.75) is 13.0 Å². The maximum Gasteiger partial charge on any atom is 0.347 e. The molecule has 0 aliphatic heterocycles. The van der Waals surface area contributed by atoms with Crippen molar-refractivity contribution in [3.63, 3.8) is 0 Å². The fraction of sp³-hybridized carbons (Fsp3) is 0.222. The molecule has 1 N–H and O–H groups in total. The summed E-state index contributed by atoms with van der Waals surface area (Å²) in [4.78, 5) is 34.1. The van der Waals surface area contributed by atoms with Gasteiger partial charge in [-0.3, -0.25) is 14.9 Å². The molecule has 0 saturated heterocycles. The minimum Gasteiger partial charge on any atom is -0.494 e. The molecular weight excluding hydrogens is 356 g/mol. The first kappa shape index (κ1) is 19.7. The number of nitro groups is 1. The van der Waals surface area contributed by atoms with Gasteiger partial charge in [0.2, 0.25) is 0 Å². The van der Waals surface area contributed by atoms with Gasteiger partial charge in [-0.2, -0.15) is 0 Å². The fourth-order valence-corrected chi connectivity index (χ4v) is 2.09. The van der Waals surface area contributed by atoms with E-state index in [1.54, 1.807) is 24.3 Å². The molecule has 0 radical (unpaired) electrons. The summed E-state index contributed by atoms with van der Waals surface area (Å²) in [5.74, 6) is -0.709.